The van der Waals surface area contributed by atoms with Crippen LogP contribution in [0.1, 0.15) is 21.5 Å². The molecule has 0 unspecified atom stereocenters. The van der Waals surface area contributed by atoms with Crippen molar-refractivity contribution in [3.8, 4) is 5.75 Å². The van der Waals surface area contributed by atoms with Gasteiger partial charge in [-0.05, 0) is 43.2 Å². The van der Waals surface area contributed by atoms with Crippen LogP contribution in [-0.2, 0) is 9.53 Å². The fourth-order valence-electron chi connectivity index (χ4n) is 2.09. The number of aryl methyl sites for hydroxylation is 1. The summed E-state index contributed by atoms with van der Waals surface area (Å²) in [5, 5.41) is 2.74. The van der Waals surface area contributed by atoms with Gasteiger partial charge in [0.25, 0.3) is 5.91 Å². The van der Waals surface area contributed by atoms with Gasteiger partial charge in [0.15, 0.2) is 6.61 Å². The first-order valence-corrected chi connectivity index (χ1v) is 7.19. The third kappa shape index (κ3) is 4.10. The number of carbonyl (C=O) groups is 2. The van der Waals surface area contributed by atoms with E-state index in [9.17, 15) is 9.59 Å². The van der Waals surface area contributed by atoms with Gasteiger partial charge in [-0.3, -0.25) is 4.79 Å². The van der Waals surface area contributed by atoms with Crippen LogP contribution < -0.4 is 10.1 Å². The smallest absolute Gasteiger partial charge is 0.342 e. The standard InChI is InChI=1S/C18H19NO4/c1-12-7-6-9-15(13(12)2)19-17(20)11-23-18(21)14-8-4-5-10-16(14)22-3/h4-10H,11H2,1-3H3,(H,19,20). The van der Waals surface area contributed by atoms with Crippen LogP contribution in [-0.4, -0.2) is 25.6 Å². The number of hydrogen-bond donors (Lipinski definition) is 1. The molecule has 0 aromatic heterocycles. The largest absolute Gasteiger partial charge is 0.496 e. The number of carbonyl (C=O) groups excluding carboxylic acids is 2. The summed E-state index contributed by atoms with van der Waals surface area (Å²) in [6.45, 7) is 3.53. The van der Waals surface area contributed by atoms with Crippen molar-refractivity contribution in [1.29, 1.82) is 0 Å². The number of para-hydroxylation sites is 1. The van der Waals surface area contributed by atoms with Gasteiger partial charge in [-0.25, -0.2) is 4.79 Å². The van der Waals surface area contributed by atoms with Gasteiger partial charge in [0.2, 0.25) is 0 Å². The van der Waals surface area contributed by atoms with Gasteiger partial charge in [-0.1, -0.05) is 24.3 Å². The molecule has 0 atom stereocenters. The lowest BCUT2D eigenvalue weighted by Gasteiger charge is -2.11. The fraction of sp³-hybridized carbons (Fsp3) is 0.222. The predicted molar refractivity (Wildman–Crippen MR) is 87.8 cm³/mol. The molecule has 0 bridgehead atoms. The van der Waals surface area contributed by atoms with E-state index in [1.807, 2.05) is 32.0 Å². The molecule has 2 aromatic carbocycles. The highest BCUT2D eigenvalue weighted by atomic mass is 16.5. The monoisotopic (exact) mass is 313 g/mol. The van der Waals surface area contributed by atoms with Crippen molar-refractivity contribution in [2.24, 2.45) is 0 Å². The van der Waals surface area contributed by atoms with Crippen LogP contribution in [0.5, 0.6) is 5.75 Å². The Bertz CT molecular complexity index is 725. The summed E-state index contributed by atoms with van der Waals surface area (Å²) < 4.78 is 10.1. The van der Waals surface area contributed by atoms with Gasteiger partial charge in [0.1, 0.15) is 11.3 Å². The van der Waals surface area contributed by atoms with Crippen LogP contribution in [0.2, 0.25) is 0 Å². The van der Waals surface area contributed by atoms with Gasteiger partial charge in [0, 0.05) is 5.69 Å². The van der Waals surface area contributed by atoms with Crippen molar-refractivity contribution < 1.29 is 19.1 Å². The van der Waals surface area contributed by atoms with Crippen LogP contribution in [0.3, 0.4) is 0 Å². The molecule has 0 saturated heterocycles. The highest BCUT2D eigenvalue weighted by molar-refractivity contribution is 5.97. The Balaban J connectivity index is 1.96. The van der Waals surface area contributed by atoms with E-state index in [-0.39, 0.29) is 18.1 Å². The van der Waals surface area contributed by atoms with E-state index in [0.717, 1.165) is 11.1 Å². The number of amides is 1. The van der Waals surface area contributed by atoms with Crippen LogP contribution in [0.4, 0.5) is 5.69 Å². The third-order valence-corrected chi connectivity index (χ3v) is 3.54. The van der Waals surface area contributed by atoms with Crippen LogP contribution in [0, 0.1) is 13.8 Å². The van der Waals surface area contributed by atoms with Gasteiger partial charge >= 0.3 is 5.97 Å². The Morgan fingerprint density at radius 3 is 2.52 bits per heavy atom. The number of esters is 1. The van der Waals surface area contributed by atoms with Crippen molar-refractivity contribution in [2.45, 2.75) is 13.8 Å². The summed E-state index contributed by atoms with van der Waals surface area (Å²) in [5.74, 6) is -0.576. The first-order chi connectivity index (χ1) is 11.0. The van der Waals surface area contributed by atoms with Crippen molar-refractivity contribution in [1.82, 2.24) is 0 Å². The van der Waals surface area contributed by atoms with E-state index >= 15 is 0 Å². The minimum atomic E-state index is -0.599. The molecule has 23 heavy (non-hydrogen) atoms. The molecule has 0 aliphatic heterocycles. The van der Waals surface area contributed by atoms with Gasteiger partial charge in [-0.2, -0.15) is 0 Å². The quantitative estimate of drug-likeness (QED) is 0.861. The van der Waals surface area contributed by atoms with Crippen molar-refractivity contribution in [3.05, 3.63) is 59.2 Å². The summed E-state index contributed by atoms with van der Waals surface area (Å²) >= 11 is 0. The number of anilines is 1. The summed E-state index contributed by atoms with van der Waals surface area (Å²) in [6, 6.07) is 12.3. The molecule has 5 heteroatoms. The molecule has 0 heterocycles. The fourth-order valence-corrected chi connectivity index (χ4v) is 2.09. The molecule has 0 saturated carbocycles. The van der Waals surface area contributed by atoms with Crippen molar-refractivity contribution in [3.63, 3.8) is 0 Å². The van der Waals surface area contributed by atoms with E-state index in [1.54, 1.807) is 24.3 Å². The Kier molecular flexibility index (Phi) is 5.36. The number of nitrogens with one attached hydrogen (secondary N) is 1. The predicted octanol–water partition coefficient (Wildman–Crippen LogP) is 3.11. The molecular formula is C18H19NO4. The topological polar surface area (TPSA) is 64.6 Å². The summed E-state index contributed by atoms with van der Waals surface area (Å²) in [7, 11) is 1.47. The zero-order valence-electron chi connectivity index (χ0n) is 13.4. The molecular weight excluding hydrogens is 294 g/mol. The van der Waals surface area contributed by atoms with E-state index in [2.05, 4.69) is 5.32 Å². The molecule has 0 fully saturated rings. The van der Waals surface area contributed by atoms with E-state index in [0.29, 0.717) is 11.4 Å². The van der Waals surface area contributed by atoms with Gasteiger partial charge < -0.3 is 14.8 Å². The maximum atomic E-state index is 12.0. The maximum absolute atomic E-state index is 12.0. The van der Waals surface area contributed by atoms with E-state index < -0.39 is 5.97 Å². The number of methoxy groups -OCH3 is 1. The van der Waals surface area contributed by atoms with Crippen molar-refractivity contribution >= 4 is 17.6 Å². The van der Waals surface area contributed by atoms with Crippen LogP contribution in [0.15, 0.2) is 42.5 Å². The molecule has 0 aliphatic carbocycles. The highest BCUT2D eigenvalue weighted by Crippen LogP contribution is 2.19. The first-order valence-electron chi connectivity index (χ1n) is 7.19. The molecule has 1 N–H and O–H groups in total. The average Bonchev–Trinajstić information content (AvgIpc) is 2.56. The summed E-state index contributed by atoms with van der Waals surface area (Å²) in [5.41, 5.74) is 3.06. The van der Waals surface area contributed by atoms with E-state index in [1.165, 1.54) is 7.11 Å². The SMILES string of the molecule is COc1ccccc1C(=O)OCC(=O)Nc1cccc(C)c1C. The first kappa shape index (κ1) is 16.5. The lowest BCUT2D eigenvalue weighted by molar-refractivity contribution is -0.119. The van der Waals surface area contributed by atoms with Gasteiger partial charge in [0.05, 0.1) is 7.11 Å². The minimum Gasteiger partial charge on any atom is -0.496 e. The normalized spacial score (nSPS) is 10.0. The third-order valence-electron chi connectivity index (χ3n) is 3.54. The lowest BCUT2D eigenvalue weighted by Crippen LogP contribution is -2.21. The molecule has 0 aliphatic rings. The maximum Gasteiger partial charge on any atom is 0.342 e. The molecule has 120 valence electrons. The second-order valence-electron chi connectivity index (χ2n) is 5.07. The molecule has 0 spiro atoms. The van der Waals surface area contributed by atoms with Crippen molar-refractivity contribution in [2.75, 3.05) is 19.0 Å². The number of benzene rings is 2. The average molecular weight is 313 g/mol. The minimum absolute atomic E-state index is 0.287. The van der Waals surface area contributed by atoms with Crippen LogP contribution >= 0.6 is 0 Å². The van der Waals surface area contributed by atoms with Gasteiger partial charge in [-0.15, -0.1) is 0 Å². The Morgan fingerprint density at radius 1 is 1.04 bits per heavy atom. The Hall–Kier alpha value is -2.82. The number of hydrogen-bond acceptors (Lipinski definition) is 4. The summed E-state index contributed by atoms with van der Waals surface area (Å²) in [4.78, 5) is 24.0. The highest BCUT2D eigenvalue weighted by Gasteiger charge is 2.15. The Morgan fingerprint density at radius 2 is 1.78 bits per heavy atom. The second kappa shape index (κ2) is 7.45. The molecule has 2 rings (SSSR count). The number of rotatable bonds is 5. The number of ether oxygens (including phenoxy) is 2. The zero-order chi connectivity index (χ0) is 16.8. The Labute approximate surface area is 135 Å². The zero-order valence-corrected chi connectivity index (χ0v) is 13.4. The molecule has 5 nitrogen and oxygen atoms in total. The molecule has 0 radical (unpaired) electrons. The second-order valence-corrected chi connectivity index (χ2v) is 5.07. The molecule has 1 amide bonds. The molecule has 2 aromatic rings. The summed E-state index contributed by atoms with van der Waals surface area (Å²) in [6.07, 6.45) is 0. The lowest BCUT2D eigenvalue weighted by atomic mass is 10.1. The van der Waals surface area contributed by atoms with E-state index in [4.69, 9.17) is 9.47 Å². The van der Waals surface area contributed by atoms with Crippen LogP contribution in [0.25, 0.3) is 0 Å².